The second-order valence-electron chi connectivity index (χ2n) is 6.68. The Morgan fingerprint density at radius 3 is 1.82 bits per heavy atom. The van der Waals surface area contributed by atoms with Gasteiger partial charge in [-0.3, -0.25) is 0 Å². The van der Waals surface area contributed by atoms with Crippen molar-refractivity contribution >= 4 is 0 Å². The van der Waals surface area contributed by atoms with Crippen molar-refractivity contribution in [2.75, 3.05) is 26.3 Å². The van der Waals surface area contributed by atoms with E-state index in [0.29, 0.717) is 0 Å². The van der Waals surface area contributed by atoms with Gasteiger partial charge in [0.1, 0.15) is 0 Å². The fourth-order valence-electron chi connectivity index (χ4n) is 2.60. The van der Waals surface area contributed by atoms with Crippen LogP contribution < -0.4 is 11.1 Å². The zero-order valence-electron chi connectivity index (χ0n) is 15.4. The van der Waals surface area contributed by atoms with Gasteiger partial charge >= 0.3 is 0 Å². The third kappa shape index (κ3) is 19.9. The zero-order chi connectivity index (χ0) is 16.3. The first-order valence-corrected chi connectivity index (χ1v) is 9.81. The average molecular weight is 315 g/mol. The number of unbranched alkanes of at least 4 members (excludes halogenated alkanes) is 10. The van der Waals surface area contributed by atoms with Crippen LogP contribution in [-0.4, -0.2) is 32.3 Å². The Labute approximate surface area is 139 Å². The van der Waals surface area contributed by atoms with Gasteiger partial charge in [-0.25, -0.2) is 0 Å². The van der Waals surface area contributed by atoms with E-state index in [2.05, 4.69) is 12.2 Å². The summed E-state index contributed by atoms with van der Waals surface area (Å²) in [4.78, 5) is 0. The molecule has 3 heteroatoms. The molecule has 0 rings (SSSR count). The Morgan fingerprint density at radius 2 is 1.27 bits per heavy atom. The molecule has 134 valence electrons. The first kappa shape index (κ1) is 21.9. The highest BCUT2D eigenvalue weighted by atomic mass is 16.5. The molecule has 22 heavy (non-hydrogen) atoms. The van der Waals surface area contributed by atoms with Gasteiger partial charge < -0.3 is 15.8 Å². The smallest absolute Gasteiger partial charge is 0.0478 e. The van der Waals surface area contributed by atoms with Crippen LogP contribution in [-0.2, 0) is 4.74 Å². The van der Waals surface area contributed by atoms with E-state index in [1.54, 1.807) is 0 Å². The molecular weight excluding hydrogens is 272 g/mol. The van der Waals surface area contributed by atoms with Crippen LogP contribution in [0.15, 0.2) is 0 Å². The summed E-state index contributed by atoms with van der Waals surface area (Å²) in [5, 5.41) is 3.33. The van der Waals surface area contributed by atoms with Crippen LogP contribution in [0.25, 0.3) is 0 Å². The van der Waals surface area contributed by atoms with Crippen molar-refractivity contribution < 1.29 is 4.74 Å². The Balaban J connectivity index is 2.94. The second kappa shape index (κ2) is 18.9. The van der Waals surface area contributed by atoms with Crippen molar-refractivity contribution in [3.63, 3.8) is 0 Å². The molecule has 0 saturated heterocycles. The van der Waals surface area contributed by atoms with Gasteiger partial charge in [-0.2, -0.15) is 0 Å². The van der Waals surface area contributed by atoms with Gasteiger partial charge in [0.05, 0.1) is 0 Å². The van der Waals surface area contributed by atoms with Gasteiger partial charge in [-0.15, -0.1) is 0 Å². The third-order valence-electron chi connectivity index (χ3n) is 4.00. The maximum Gasteiger partial charge on any atom is 0.0478 e. The number of ether oxygens (including phenoxy) is 1. The predicted octanol–water partition coefficient (Wildman–Crippen LogP) is 4.64. The molecule has 3 N–H and O–H groups in total. The molecule has 0 aromatic heterocycles. The Hall–Kier alpha value is -0.120. The maximum atomic E-state index is 5.67. The normalized spacial score (nSPS) is 12.7. The molecule has 0 amide bonds. The number of nitrogens with one attached hydrogen (secondary N) is 1. The number of hydrogen-bond donors (Lipinski definition) is 2. The monoisotopic (exact) mass is 314 g/mol. The van der Waals surface area contributed by atoms with E-state index < -0.39 is 0 Å². The van der Waals surface area contributed by atoms with E-state index in [-0.39, 0.29) is 6.04 Å². The lowest BCUT2D eigenvalue weighted by Crippen LogP contribution is -2.31. The van der Waals surface area contributed by atoms with Gasteiger partial charge in [-0.05, 0) is 26.3 Å². The number of rotatable bonds is 18. The molecular formula is C19H42N2O. The molecule has 3 nitrogen and oxygen atoms in total. The highest BCUT2D eigenvalue weighted by molar-refractivity contribution is 4.56. The molecule has 1 atom stereocenters. The first-order chi connectivity index (χ1) is 10.8. The highest BCUT2D eigenvalue weighted by Gasteiger charge is 1.95. The summed E-state index contributed by atoms with van der Waals surface area (Å²) < 4.78 is 5.65. The topological polar surface area (TPSA) is 47.3 Å². The van der Waals surface area contributed by atoms with E-state index >= 15 is 0 Å². The molecule has 0 aliphatic carbocycles. The molecule has 0 aromatic carbocycles. The zero-order valence-corrected chi connectivity index (χ0v) is 15.4. The van der Waals surface area contributed by atoms with Gasteiger partial charge in [-0.1, -0.05) is 71.1 Å². The van der Waals surface area contributed by atoms with Gasteiger partial charge in [0, 0.05) is 25.8 Å². The molecule has 0 bridgehead atoms. The minimum absolute atomic E-state index is 0.247. The van der Waals surface area contributed by atoms with Crippen molar-refractivity contribution in [3.8, 4) is 0 Å². The summed E-state index contributed by atoms with van der Waals surface area (Å²) in [6.07, 6.45) is 16.4. The maximum absolute atomic E-state index is 5.67. The summed E-state index contributed by atoms with van der Waals surface area (Å²) in [7, 11) is 0. The van der Waals surface area contributed by atoms with Gasteiger partial charge in [0.25, 0.3) is 0 Å². The fourth-order valence-corrected chi connectivity index (χ4v) is 2.60. The molecule has 0 aliphatic heterocycles. The van der Waals surface area contributed by atoms with Crippen LogP contribution in [0, 0.1) is 0 Å². The molecule has 1 unspecified atom stereocenters. The summed E-state index contributed by atoms with van der Waals surface area (Å²) in [6, 6.07) is 0.247. The Bertz CT molecular complexity index is 198. The average Bonchev–Trinajstić information content (AvgIpc) is 2.50. The first-order valence-electron chi connectivity index (χ1n) is 9.81. The van der Waals surface area contributed by atoms with Crippen LogP contribution in [0.3, 0.4) is 0 Å². The number of hydrogen-bond acceptors (Lipinski definition) is 3. The van der Waals surface area contributed by atoms with Crippen molar-refractivity contribution in [2.24, 2.45) is 5.73 Å². The predicted molar refractivity (Wildman–Crippen MR) is 98.4 cm³/mol. The van der Waals surface area contributed by atoms with Crippen LogP contribution in [0.1, 0.15) is 90.9 Å². The lowest BCUT2D eigenvalue weighted by atomic mass is 10.1. The summed E-state index contributed by atoms with van der Waals surface area (Å²) >= 11 is 0. The molecule has 0 radical (unpaired) electrons. The number of nitrogens with two attached hydrogens (primary N) is 1. The summed E-state index contributed by atoms with van der Waals surface area (Å²) in [6.45, 7) is 8.03. The molecule has 0 saturated carbocycles. The Kier molecular flexibility index (Phi) is 18.8. The van der Waals surface area contributed by atoms with E-state index in [0.717, 1.165) is 32.7 Å². The fraction of sp³-hybridized carbons (Fsp3) is 1.00. The van der Waals surface area contributed by atoms with E-state index in [1.807, 2.05) is 6.92 Å². The van der Waals surface area contributed by atoms with Crippen molar-refractivity contribution in [1.29, 1.82) is 0 Å². The van der Waals surface area contributed by atoms with Crippen molar-refractivity contribution in [3.05, 3.63) is 0 Å². The second-order valence-corrected chi connectivity index (χ2v) is 6.68. The van der Waals surface area contributed by atoms with Gasteiger partial charge in [0.15, 0.2) is 0 Å². The largest absolute Gasteiger partial charge is 0.381 e. The van der Waals surface area contributed by atoms with Crippen LogP contribution in [0.2, 0.25) is 0 Å². The molecule has 0 heterocycles. The third-order valence-corrected chi connectivity index (χ3v) is 4.00. The van der Waals surface area contributed by atoms with Crippen molar-refractivity contribution in [1.82, 2.24) is 5.32 Å². The van der Waals surface area contributed by atoms with Crippen LogP contribution >= 0.6 is 0 Å². The van der Waals surface area contributed by atoms with Crippen molar-refractivity contribution in [2.45, 2.75) is 96.9 Å². The quantitative estimate of drug-likeness (QED) is 0.362. The Morgan fingerprint density at radius 1 is 0.773 bits per heavy atom. The van der Waals surface area contributed by atoms with E-state index in [9.17, 15) is 0 Å². The molecule has 0 aromatic rings. The summed E-state index contributed by atoms with van der Waals surface area (Å²) in [5.74, 6) is 0. The van der Waals surface area contributed by atoms with E-state index in [1.165, 1.54) is 70.6 Å². The van der Waals surface area contributed by atoms with E-state index in [4.69, 9.17) is 10.5 Å². The summed E-state index contributed by atoms with van der Waals surface area (Å²) in [5.41, 5.74) is 5.67. The van der Waals surface area contributed by atoms with Crippen LogP contribution in [0.4, 0.5) is 0 Å². The molecule has 0 aliphatic rings. The lowest BCUT2D eigenvalue weighted by Gasteiger charge is -2.08. The minimum atomic E-state index is 0.247. The minimum Gasteiger partial charge on any atom is -0.381 e. The molecule has 0 spiro atoms. The van der Waals surface area contributed by atoms with Gasteiger partial charge in [0.2, 0.25) is 0 Å². The SMILES string of the molecule is CCCCCCCCCCCCCOCCCNCC(C)N. The highest BCUT2D eigenvalue weighted by Crippen LogP contribution is 2.11. The van der Waals surface area contributed by atoms with Crippen LogP contribution in [0.5, 0.6) is 0 Å². The standard InChI is InChI=1S/C19H42N2O/c1-3-4-5-6-7-8-9-10-11-12-13-16-22-17-14-15-21-18-19(2)20/h19,21H,3-18,20H2,1-2H3. The lowest BCUT2D eigenvalue weighted by molar-refractivity contribution is 0.127. The molecule has 0 fully saturated rings.